The van der Waals surface area contributed by atoms with Crippen molar-refractivity contribution in [2.75, 3.05) is 19.6 Å². The highest BCUT2D eigenvalue weighted by molar-refractivity contribution is 5.83. The largest absolute Gasteiger partial charge is 0.342 e. The molecule has 1 atom stereocenters. The second-order valence-corrected chi connectivity index (χ2v) is 8.99. The number of fused-ring (bicyclic) bond motifs is 1. The zero-order valence-corrected chi connectivity index (χ0v) is 17.0. The van der Waals surface area contributed by atoms with Crippen LogP contribution in [0.2, 0.25) is 0 Å². The fourth-order valence-electron chi connectivity index (χ4n) is 4.42. The number of likely N-dealkylation sites (tertiary alicyclic amines) is 2. The highest BCUT2D eigenvalue weighted by Gasteiger charge is 2.38. The molecular formula is C21H29N5O2. The first kappa shape index (κ1) is 18.9. The van der Waals surface area contributed by atoms with E-state index in [0.29, 0.717) is 13.1 Å². The van der Waals surface area contributed by atoms with Crippen LogP contribution in [0.25, 0.3) is 5.65 Å². The Kier molecular flexibility index (Phi) is 4.85. The molecule has 2 aliphatic heterocycles. The van der Waals surface area contributed by atoms with E-state index >= 15 is 0 Å². The normalized spacial score (nSPS) is 21.5. The molecule has 0 radical (unpaired) electrons. The zero-order valence-electron chi connectivity index (χ0n) is 17.0. The Balaban J connectivity index is 1.46. The van der Waals surface area contributed by atoms with Gasteiger partial charge in [0.1, 0.15) is 0 Å². The van der Waals surface area contributed by atoms with E-state index in [0.717, 1.165) is 43.7 Å². The lowest BCUT2D eigenvalue weighted by atomic mass is 9.90. The SMILES string of the molecule is CC(C)(C)C(=O)N1CCC(C(=O)N2CCCC2c2nnc3ccccn23)CC1. The van der Waals surface area contributed by atoms with Gasteiger partial charge in [-0.1, -0.05) is 26.8 Å². The highest BCUT2D eigenvalue weighted by atomic mass is 16.2. The molecule has 2 aromatic heterocycles. The van der Waals surface area contributed by atoms with Gasteiger partial charge in [0, 0.05) is 37.2 Å². The van der Waals surface area contributed by atoms with Crippen molar-refractivity contribution in [3.63, 3.8) is 0 Å². The molecule has 4 rings (SSSR count). The number of nitrogens with zero attached hydrogens (tertiary/aromatic N) is 5. The average molecular weight is 383 g/mol. The maximum absolute atomic E-state index is 13.3. The predicted octanol–water partition coefficient (Wildman–Crippen LogP) is 2.68. The summed E-state index contributed by atoms with van der Waals surface area (Å²) in [6.07, 6.45) is 5.35. The molecule has 2 aliphatic rings. The summed E-state index contributed by atoms with van der Waals surface area (Å²) in [5.41, 5.74) is 0.442. The van der Waals surface area contributed by atoms with Crippen molar-refractivity contribution in [2.24, 2.45) is 11.3 Å². The van der Waals surface area contributed by atoms with Crippen LogP contribution < -0.4 is 0 Å². The third kappa shape index (κ3) is 3.38. The van der Waals surface area contributed by atoms with E-state index < -0.39 is 0 Å². The highest BCUT2D eigenvalue weighted by Crippen LogP contribution is 2.34. The molecule has 7 heteroatoms. The summed E-state index contributed by atoms with van der Waals surface area (Å²) >= 11 is 0. The first-order chi connectivity index (χ1) is 13.4. The number of aromatic nitrogens is 3. The van der Waals surface area contributed by atoms with Gasteiger partial charge >= 0.3 is 0 Å². The molecule has 7 nitrogen and oxygen atoms in total. The number of rotatable bonds is 2. The molecule has 4 heterocycles. The van der Waals surface area contributed by atoms with E-state index in [1.165, 1.54) is 0 Å². The van der Waals surface area contributed by atoms with Gasteiger partial charge in [-0.3, -0.25) is 14.0 Å². The number of pyridine rings is 1. The molecule has 28 heavy (non-hydrogen) atoms. The van der Waals surface area contributed by atoms with Gasteiger partial charge in [-0.2, -0.15) is 0 Å². The van der Waals surface area contributed by atoms with Gasteiger partial charge in [-0.05, 0) is 37.8 Å². The molecule has 0 aliphatic carbocycles. The van der Waals surface area contributed by atoms with Gasteiger partial charge < -0.3 is 9.80 Å². The molecule has 1 unspecified atom stereocenters. The van der Waals surface area contributed by atoms with E-state index in [4.69, 9.17) is 0 Å². The maximum Gasteiger partial charge on any atom is 0.227 e. The van der Waals surface area contributed by atoms with Gasteiger partial charge in [0.05, 0.1) is 6.04 Å². The van der Waals surface area contributed by atoms with Gasteiger partial charge in [0.25, 0.3) is 0 Å². The van der Waals surface area contributed by atoms with E-state index in [1.54, 1.807) is 0 Å². The van der Waals surface area contributed by atoms with Crippen molar-refractivity contribution < 1.29 is 9.59 Å². The quantitative estimate of drug-likeness (QED) is 0.799. The molecule has 0 N–H and O–H groups in total. The third-order valence-electron chi connectivity index (χ3n) is 5.95. The summed E-state index contributed by atoms with van der Waals surface area (Å²) in [5.74, 6) is 1.22. The summed E-state index contributed by atoms with van der Waals surface area (Å²) in [7, 11) is 0. The lowest BCUT2D eigenvalue weighted by Crippen LogP contribution is -2.47. The molecule has 2 amide bonds. The summed E-state index contributed by atoms with van der Waals surface area (Å²) in [6.45, 7) is 7.95. The van der Waals surface area contributed by atoms with Crippen LogP contribution in [0.5, 0.6) is 0 Å². The summed E-state index contributed by atoms with van der Waals surface area (Å²) in [5, 5.41) is 8.64. The molecule has 2 aromatic rings. The number of hydrogen-bond donors (Lipinski definition) is 0. The van der Waals surface area contributed by atoms with Crippen molar-refractivity contribution in [1.82, 2.24) is 24.4 Å². The van der Waals surface area contributed by atoms with E-state index in [1.807, 2.05) is 59.4 Å². The molecule has 0 bridgehead atoms. The van der Waals surface area contributed by atoms with Crippen LogP contribution in [-0.4, -0.2) is 55.8 Å². The van der Waals surface area contributed by atoms with Gasteiger partial charge in [0.15, 0.2) is 11.5 Å². The van der Waals surface area contributed by atoms with Gasteiger partial charge in [0.2, 0.25) is 11.8 Å². The molecule has 2 fully saturated rings. The summed E-state index contributed by atoms with van der Waals surface area (Å²) in [6, 6.07) is 5.82. The van der Waals surface area contributed by atoms with E-state index in [-0.39, 0.29) is 29.2 Å². The number of amides is 2. The summed E-state index contributed by atoms with van der Waals surface area (Å²) < 4.78 is 1.99. The van der Waals surface area contributed by atoms with Crippen molar-refractivity contribution in [2.45, 2.75) is 52.5 Å². The fraction of sp³-hybridized carbons (Fsp3) is 0.619. The Morgan fingerprint density at radius 3 is 2.50 bits per heavy atom. The number of hydrogen-bond acceptors (Lipinski definition) is 4. The Labute approximate surface area is 165 Å². The average Bonchev–Trinajstić information content (AvgIpc) is 3.32. The van der Waals surface area contributed by atoms with Crippen LogP contribution in [-0.2, 0) is 9.59 Å². The standard InChI is InChI=1S/C21H29N5O2/c1-21(2,3)20(28)24-13-9-15(10-14-24)19(27)25-12-6-7-16(25)18-23-22-17-8-4-5-11-26(17)18/h4-5,8,11,15-16H,6-7,9-10,12-14H2,1-3H3. The van der Waals surface area contributed by atoms with Crippen molar-refractivity contribution >= 4 is 17.5 Å². The second-order valence-electron chi connectivity index (χ2n) is 8.99. The first-order valence-corrected chi connectivity index (χ1v) is 10.3. The molecule has 2 saturated heterocycles. The van der Waals surface area contributed by atoms with Crippen molar-refractivity contribution in [3.8, 4) is 0 Å². The Morgan fingerprint density at radius 1 is 1.04 bits per heavy atom. The second kappa shape index (κ2) is 7.18. The van der Waals surface area contributed by atoms with Crippen LogP contribution in [0.3, 0.4) is 0 Å². The number of piperidine rings is 1. The molecule has 0 aromatic carbocycles. The molecule has 0 saturated carbocycles. The van der Waals surface area contributed by atoms with Crippen molar-refractivity contribution in [3.05, 3.63) is 30.2 Å². The predicted molar refractivity (Wildman–Crippen MR) is 105 cm³/mol. The third-order valence-corrected chi connectivity index (χ3v) is 5.95. The number of carbonyl (C=O) groups is 2. The van der Waals surface area contributed by atoms with Gasteiger partial charge in [-0.15, -0.1) is 10.2 Å². The Morgan fingerprint density at radius 2 is 1.79 bits per heavy atom. The lowest BCUT2D eigenvalue weighted by Gasteiger charge is -2.37. The Hall–Kier alpha value is -2.44. The molecule has 150 valence electrons. The van der Waals surface area contributed by atoms with Crippen LogP contribution >= 0.6 is 0 Å². The minimum atomic E-state index is -0.369. The Bertz CT molecular complexity index is 876. The van der Waals surface area contributed by atoms with Crippen LogP contribution in [0.15, 0.2) is 24.4 Å². The van der Waals surface area contributed by atoms with Crippen LogP contribution in [0.1, 0.15) is 58.3 Å². The van der Waals surface area contributed by atoms with Gasteiger partial charge in [-0.25, -0.2) is 0 Å². The van der Waals surface area contributed by atoms with Crippen molar-refractivity contribution in [1.29, 1.82) is 0 Å². The van der Waals surface area contributed by atoms with E-state index in [9.17, 15) is 9.59 Å². The minimum Gasteiger partial charge on any atom is -0.342 e. The zero-order chi connectivity index (χ0) is 19.9. The van der Waals surface area contributed by atoms with Crippen LogP contribution in [0, 0.1) is 11.3 Å². The monoisotopic (exact) mass is 383 g/mol. The van der Waals surface area contributed by atoms with E-state index in [2.05, 4.69) is 10.2 Å². The fourth-order valence-corrected chi connectivity index (χ4v) is 4.42. The summed E-state index contributed by atoms with van der Waals surface area (Å²) in [4.78, 5) is 29.7. The maximum atomic E-state index is 13.3. The lowest BCUT2D eigenvalue weighted by molar-refractivity contribution is -0.145. The first-order valence-electron chi connectivity index (χ1n) is 10.3. The molecular weight excluding hydrogens is 354 g/mol. The molecule has 0 spiro atoms. The number of carbonyl (C=O) groups excluding carboxylic acids is 2. The topological polar surface area (TPSA) is 70.8 Å². The smallest absolute Gasteiger partial charge is 0.227 e. The minimum absolute atomic E-state index is 0.0104. The van der Waals surface area contributed by atoms with Crippen LogP contribution in [0.4, 0.5) is 0 Å².